The van der Waals surface area contributed by atoms with E-state index < -0.39 is 24.4 Å². The van der Waals surface area contributed by atoms with E-state index in [-0.39, 0.29) is 0 Å². The van der Waals surface area contributed by atoms with Crippen LogP contribution in [0.3, 0.4) is 0 Å². The molecule has 0 spiro atoms. The van der Waals surface area contributed by atoms with Crippen LogP contribution in [-0.2, 0) is 38.8 Å². The highest BCUT2D eigenvalue weighted by molar-refractivity contribution is 5.17. The van der Waals surface area contributed by atoms with Crippen LogP contribution >= 0.6 is 0 Å². The lowest BCUT2D eigenvalue weighted by atomic mass is 9.94. The molecule has 4 rings (SSSR count). The zero-order valence-corrected chi connectivity index (χ0v) is 20.2. The Kier molecular flexibility index (Phi) is 9.49. The van der Waals surface area contributed by atoms with Gasteiger partial charge in [0.1, 0.15) is 24.1 Å². The SMILES string of the molecule is CO/C1=C/CC[C@H](O)[C@@H](OCc2ccccc2)[C@H](OCc2ccccc2)[C@H]1OCc1ccccc1. The van der Waals surface area contributed by atoms with Crippen LogP contribution in [0.25, 0.3) is 0 Å². The lowest BCUT2D eigenvalue weighted by Crippen LogP contribution is -2.50. The van der Waals surface area contributed by atoms with Gasteiger partial charge in [0.2, 0.25) is 0 Å². The average Bonchev–Trinajstić information content (AvgIpc) is 2.91. The number of aliphatic hydroxyl groups is 1. The second-order valence-electron chi connectivity index (χ2n) is 8.69. The first kappa shape index (κ1) is 25.1. The van der Waals surface area contributed by atoms with Crippen LogP contribution in [0, 0.1) is 0 Å². The van der Waals surface area contributed by atoms with Crippen LogP contribution in [0.1, 0.15) is 29.5 Å². The van der Waals surface area contributed by atoms with Gasteiger partial charge in [0.15, 0.2) is 0 Å². The van der Waals surface area contributed by atoms with Crippen molar-refractivity contribution in [3.05, 3.63) is 120 Å². The molecule has 1 aliphatic rings. The maximum atomic E-state index is 11.2. The average molecular weight is 475 g/mol. The highest BCUT2D eigenvalue weighted by Gasteiger charge is 2.40. The van der Waals surface area contributed by atoms with Crippen molar-refractivity contribution < 1.29 is 24.1 Å². The monoisotopic (exact) mass is 474 g/mol. The third-order valence-electron chi connectivity index (χ3n) is 6.17. The van der Waals surface area contributed by atoms with Crippen molar-refractivity contribution in [1.29, 1.82) is 0 Å². The van der Waals surface area contributed by atoms with Gasteiger partial charge in [-0.05, 0) is 35.6 Å². The van der Waals surface area contributed by atoms with Crippen molar-refractivity contribution in [1.82, 2.24) is 0 Å². The summed E-state index contributed by atoms with van der Waals surface area (Å²) in [6.07, 6.45) is 0.763. The van der Waals surface area contributed by atoms with Crippen LogP contribution in [0.5, 0.6) is 0 Å². The number of aliphatic hydroxyl groups excluding tert-OH is 1. The van der Waals surface area contributed by atoms with Gasteiger partial charge in [0.05, 0.1) is 33.0 Å². The molecule has 0 heterocycles. The van der Waals surface area contributed by atoms with Crippen LogP contribution in [0.15, 0.2) is 103 Å². The smallest absolute Gasteiger partial charge is 0.143 e. The second-order valence-corrected chi connectivity index (χ2v) is 8.69. The van der Waals surface area contributed by atoms with E-state index in [0.717, 1.165) is 16.7 Å². The number of rotatable bonds is 10. The molecule has 0 radical (unpaired) electrons. The topological polar surface area (TPSA) is 57.2 Å². The van der Waals surface area contributed by atoms with Gasteiger partial charge >= 0.3 is 0 Å². The zero-order chi connectivity index (χ0) is 24.3. The lowest BCUT2D eigenvalue weighted by molar-refractivity contribution is -0.180. The molecule has 3 aromatic rings. The quantitative estimate of drug-likeness (QED) is 0.425. The minimum Gasteiger partial charge on any atom is -0.499 e. The van der Waals surface area contributed by atoms with E-state index >= 15 is 0 Å². The van der Waals surface area contributed by atoms with E-state index in [4.69, 9.17) is 18.9 Å². The molecule has 0 saturated carbocycles. The molecule has 0 aliphatic heterocycles. The van der Waals surface area contributed by atoms with E-state index in [1.807, 2.05) is 97.1 Å². The Morgan fingerprint density at radius 2 is 1.11 bits per heavy atom. The molecule has 0 aromatic heterocycles. The Balaban J connectivity index is 1.61. The molecule has 0 unspecified atom stereocenters. The fourth-order valence-corrected chi connectivity index (χ4v) is 4.29. The summed E-state index contributed by atoms with van der Waals surface area (Å²) in [4.78, 5) is 0. The number of hydrogen-bond donors (Lipinski definition) is 1. The van der Waals surface area contributed by atoms with E-state index in [9.17, 15) is 5.11 Å². The first-order valence-electron chi connectivity index (χ1n) is 12.1. The Morgan fingerprint density at radius 3 is 1.60 bits per heavy atom. The number of ether oxygens (including phenoxy) is 4. The van der Waals surface area contributed by atoms with Crippen molar-refractivity contribution in [3.63, 3.8) is 0 Å². The lowest BCUT2D eigenvalue weighted by Gasteiger charge is -2.37. The predicted molar refractivity (Wildman–Crippen MR) is 135 cm³/mol. The van der Waals surface area contributed by atoms with Gasteiger partial charge in [0, 0.05) is 0 Å². The summed E-state index contributed by atoms with van der Waals surface area (Å²) in [7, 11) is 1.65. The molecule has 1 N–H and O–H groups in total. The van der Waals surface area contributed by atoms with Crippen molar-refractivity contribution in [2.24, 2.45) is 0 Å². The van der Waals surface area contributed by atoms with Gasteiger partial charge in [-0.2, -0.15) is 0 Å². The fourth-order valence-electron chi connectivity index (χ4n) is 4.29. The molecule has 184 valence electrons. The van der Waals surface area contributed by atoms with Crippen molar-refractivity contribution in [3.8, 4) is 0 Å². The summed E-state index contributed by atoms with van der Waals surface area (Å²) in [5.74, 6) is 0.694. The largest absolute Gasteiger partial charge is 0.499 e. The number of benzene rings is 3. The normalized spacial score (nSPS) is 24.1. The second kappa shape index (κ2) is 13.2. The first-order chi connectivity index (χ1) is 17.2. The molecular formula is C30H34O5. The molecule has 0 fully saturated rings. The first-order valence-corrected chi connectivity index (χ1v) is 12.1. The summed E-state index contributed by atoms with van der Waals surface area (Å²) in [6.45, 7) is 1.12. The highest BCUT2D eigenvalue weighted by Crippen LogP contribution is 2.29. The highest BCUT2D eigenvalue weighted by atomic mass is 16.6. The molecule has 5 heteroatoms. The molecule has 0 bridgehead atoms. The van der Waals surface area contributed by atoms with E-state index in [0.29, 0.717) is 38.4 Å². The summed E-state index contributed by atoms with van der Waals surface area (Å²) in [5.41, 5.74) is 3.12. The van der Waals surface area contributed by atoms with Crippen LogP contribution < -0.4 is 0 Å². The Hall–Kier alpha value is -2.96. The number of methoxy groups -OCH3 is 1. The molecule has 35 heavy (non-hydrogen) atoms. The number of hydrogen-bond acceptors (Lipinski definition) is 5. The van der Waals surface area contributed by atoms with Gasteiger partial charge in [-0.25, -0.2) is 0 Å². The summed E-state index contributed by atoms with van der Waals surface area (Å²) in [6, 6.07) is 30.0. The van der Waals surface area contributed by atoms with Gasteiger partial charge < -0.3 is 24.1 Å². The molecular weight excluding hydrogens is 440 g/mol. The molecule has 0 amide bonds. The van der Waals surface area contributed by atoms with Crippen LogP contribution in [-0.4, -0.2) is 36.6 Å². The van der Waals surface area contributed by atoms with Crippen LogP contribution in [0.4, 0.5) is 0 Å². The Morgan fingerprint density at radius 1 is 0.657 bits per heavy atom. The summed E-state index contributed by atoms with van der Waals surface area (Å²) >= 11 is 0. The van der Waals surface area contributed by atoms with Gasteiger partial charge in [-0.15, -0.1) is 0 Å². The maximum Gasteiger partial charge on any atom is 0.143 e. The van der Waals surface area contributed by atoms with E-state index in [2.05, 4.69) is 0 Å². The van der Waals surface area contributed by atoms with Crippen molar-refractivity contribution in [2.75, 3.05) is 7.11 Å². The van der Waals surface area contributed by atoms with Crippen molar-refractivity contribution in [2.45, 2.75) is 57.1 Å². The molecule has 4 atom stereocenters. The van der Waals surface area contributed by atoms with Gasteiger partial charge in [-0.1, -0.05) is 91.0 Å². The fraction of sp³-hybridized carbons (Fsp3) is 0.333. The predicted octanol–water partition coefficient (Wildman–Crippen LogP) is 5.43. The molecule has 5 nitrogen and oxygen atoms in total. The Labute approximate surface area is 207 Å². The van der Waals surface area contributed by atoms with Gasteiger partial charge in [0.25, 0.3) is 0 Å². The standard InChI is InChI=1S/C30H34O5/c1-32-27-19-11-18-26(31)28(33-20-23-12-5-2-6-13-23)30(35-22-25-16-9-4-10-17-25)29(27)34-21-24-14-7-3-8-15-24/h2-10,12-17,19,26,28-31H,11,18,20-22H2,1H3/b27-19+/t26-,28+,29-,30-/m0/s1. The minimum absolute atomic E-state index is 0.366. The summed E-state index contributed by atoms with van der Waals surface area (Å²) < 4.78 is 25.0. The van der Waals surface area contributed by atoms with Gasteiger partial charge in [-0.3, -0.25) is 0 Å². The number of allylic oxidation sites excluding steroid dienone is 1. The third kappa shape index (κ3) is 7.26. The zero-order valence-electron chi connectivity index (χ0n) is 20.2. The molecule has 1 aliphatic carbocycles. The van der Waals surface area contributed by atoms with E-state index in [1.54, 1.807) is 7.11 Å². The maximum absolute atomic E-state index is 11.2. The summed E-state index contributed by atoms with van der Waals surface area (Å²) in [5, 5.41) is 11.2. The van der Waals surface area contributed by atoms with Crippen LogP contribution in [0.2, 0.25) is 0 Å². The van der Waals surface area contributed by atoms with Crippen molar-refractivity contribution >= 4 is 0 Å². The molecule has 0 saturated heterocycles. The Bertz CT molecular complexity index is 1020. The molecule has 3 aromatic carbocycles. The minimum atomic E-state index is -0.711. The van der Waals surface area contributed by atoms with E-state index in [1.165, 1.54) is 0 Å². The third-order valence-corrected chi connectivity index (χ3v) is 6.17.